The van der Waals surface area contributed by atoms with Gasteiger partial charge >= 0.3 is 5.97 Å². The summed E-state index contributed by atoms with van der Waals surface area (Å²) in [7, 11) is 1.85. The highest BCUT2D eigenvalue weighted by Gasteiger charge is 2.13. The van der Waals surface area contributed by atoms with Crippen molar-refractivity contribution in [3.05, 3.63) is 59.7 Å². The molecule has 0 saturated carbocycles. The third-order valence-corrected chi connectivity index (χ3v) is 4.89. The number of carboxylic acid groups (broad SMARTS) is 1. The molecule has 0 aliphatic carbocycles. The molecule has 0 aliphatic rings. The minimum absolute atomic E-state index is 0.122. The van der Waals surface area contributed by atoms with Crippen molar-refractivity contribution in [2.24, 2.45) is 7.05 Å². The molecular formula is C19H18N4O3S. The molecule has 0 unspecified atom stereocenters. The Kier molecular flexibility index (Phi) is 5.56. The highest BCUT2D eigenvalue weighted by Crippen LogP contribution is 2.23. The lowest BCUT2D eigenvalue weighted by Gasteiger charge is -2.06. The smallest absolute Gasteiger partial charge is 0.335 e. The van der Waals surface area contributed by atoms with Crippen LogP contribution in [0.1, 0.15) is 15.9 Å². The molecule has 2 N–H and O–H groups in total. The maximum absolute atomic E-state index is 12.2. The number of carbonyl (C=O) groups is 2. The fraction of sp³-hybridized carbons (Fsp3) is 0.158. The molecule has 0 aliphatic heterocycles. The SMILES string of the molecule is Cc1ccc(-c2nnc(SCC(=O)Nc3cccc(C(=O)O)c3)n2C)cc1. The summed E-state index contributed by atoms with van der Waals surface area (Å²) in [6.07, 6.45) is 0. The summed E-state index contributed by atoms with van der Waals surface area (Å²) in [6.45, 7) is 2.02. The Bertz CT molecular complexity index is 983. The first kappa shape index (κ1) is 18.7. The van der Waals surface area contributed by atoms with Gasteiger partial charge in [0.1, 0.15) is 0 Å². The summed E-state index contributed by atoms with van der Waals surface area (Å²) in [4.78, 5) is 23.1. The van der Waals surface area contributed by atoms with Gasteiger partial charge in [0.2, 0.25) is 5.91 Å². The molecule has 138 valence electrons. The molecule has 2 aromatic carbocycles. The van der Waals surface area contributed by atoms with Crippen LogP contribution in [0.25, 0.3) is 11.4 Å². The van der Waals surface area contributed by atoms with E-state index in [4.69, 9.17) is 5.11 Å². The van der Waals surface area contributed by atoms with Crippen molar-refractivity contribution in [1.29, 1.82) is 0 Å². The highest BCUT2D eigenvalue weighted by atomic mass is 32.2. The van der Waals surface area contributed by atoms with Crippen LogP contribution < -0.4 is 5.32 Å². The van der Waals surface area contributed by atoms with Crippen molar-refractivity contribution in [2.45, 2.75) is 12.1 Å². The van der Waals surface area contributed by atoms with Crippen molar-refractivity contribution in [3.63, 3.8) is 0 Å². The molecule has 7 nitrogen and oxygen atoms in total. The first-order chi connectivity index (χ1) is 12.9. The number of amides is 1. The van der Waals surface area contributed by atoms with Gasteiger partial charge in [0.05, 0.1) is 11.3 Å². The number of thioether (sulfide) groups is 1. The molecule has 1 amide bonds. The molecule has 1 aromatic heterocycles. The van der Waals surface area contributed by atoms with Crippen LogP contribution in [0.3, 0.4) is 0 Å². The average molecular weight is 382 g/mol. The number of aryl methyl sites for hydroxylation is 1. The Balaban J connectivity index is 1.63. The number of nitrogens with zero attached hydrogens (tertiary/aromatic N) is 3. The maximum atomic E-state index is 12.2. The van der Waals surface area contributed by atoms with E-state index in [1.54, 1.807) is 12.1 Å². The van der Waals surface area contributed by atoms with E-state index in [9.17, 15) is 9.59 Å². The number of rotatable bonds is 6. The number of aromatic carboxylic acids is 1. The zero-order chi connectivity index (χ0) is 19.4. The van der Waals surface area contributed by atoms with E-state index in [1.165, 1.54) is 29.5 Å². The second-order valence-electron chi connectivity index (χ2n) is 5.95. The minimum Gasteiger partial charge on any atom is -0.478 e. The predicted octanol–water partition coefficient (Wildman–Crippen LogP) is 3.22. The van der Waals surface area contributed by atoms with Gasteiger partial charge in [0, 0.05) is 18.3 Å². The van der Waals surface area contributed by atoms with Crippen molar-refractivity contribution in [1.82, 2.24) is 14.8 Å². The van der Waals surface area contributed by atoms with Crippen LogP contribution in [0, 0.1) is 6.92 Å². The van der Waals surface area contributed by atoms with Gasteiger partial charge in [-0.3, -0.25) is 4.79 Å². The second-order valence-corrected chi connectivity index (χ2v) is 6.90. The molecule has 0 radical (unpaired) electrons. The summed E-state index contributed by atoms with van der Waals surface area (Å²) in [6, 6.07) is 14.1. The largest absolute Gasteiger partial charge is 0.478 e. The van der Waals surface area contributed by atoms with E-state index in [0.29, 0.717) is 10.8 Å². The van der Waals surface area contributed by atoms with Crippen molar-refractivity contribution in [2.75, 3.05) is 11.1 Å². The van der Waals surface area contributed by atoms with Gasteiger partial charge in [-0.15, -0.1) is 10.2 Å². The van der Waals surface area contributed by atoms with Gasteiger partial charge < -0.3 is 15.0 Å². The first-order valence-corrected chi connectivity index (χ1v) is 9.15. The number of carboxylic acids is 1. The maximum Gasteiger partial charge on any atom is 0.335 e. The van der Waals surface area contributed by atoms with Crippen LogP contribution >= 0.6 is 11.8 Å². The third-order valence-electron chi connectivity index (χ3n) is 3.87. The molecule has 3 aromatic rings. The van der Waals surface area contributed by atoms with E-state index in [1.807, 2.05) is 42.8 Å². The van der Waals surface area contributed by atoms with E-state index >= 15 is 0 Å². The summed E-state index contributed by atoms with van der Waals surface area (Å²) in [5.74, 6) is -0.422. The molecular weight excluding hydrogens is 364 g/mol. The topological polar surface area (TPSA) is 97.1 Å². The van der Waals surface area contributed by atoms with E-state index in [-0.39, 0.29) is 17.2 Å². The zero-order valence-electron chi connectivity index (χ0n) is 14.8. The minimum atomic E-state index is -1.04. The number of hydrogen-bond acceptors (Lipinski definition) is 5. The normalized spacial score (nSPS) is 10.6. The zero-order valence-corrected chi connectivity index (χ0v) is 15.7. The number of nitrogens with one attached hydrogen (secondary N) is 1. The monoisotopic (exact) mass is 382 g/mol. The molecule has 0 atom stereocenters. The Morgan fingerprint density at radius 2 is 1.89 bits per heavy atom. The van der Waals surface area contributed by atoms with Gasteiger partial charge in [-0.05, 0) is 25.1 Å². The lowest BCUT2D eigenvalue weighted by molar-refractivity contribution is -0.113. The Morgan fingerprint density at radius 3 is 2.59 bits per heavy atom. The molecule has 27 heavy (non-hydrogen) atoms. The van der Waals surface area contributed by atoms with Gasteiger partial charge in [-0.25, -0.2) is 4.79 Å². The molecule has 0 bridgehead atoms. The lowest BCUT2D eigenvalue weighted by atomic mass is 10.1. The average Bonchev–Trinajstić information content (AvgIpc) is 3.01. The van der Waals surface area contributed by atoms with E-state index in [2.05, 4.69) is 15.5 Å². The fourth-order valence-electron chi connectivity index (χ4n) is 2.45. The number of hydrogen-bond donors (Lipinski definition) is 2. The van der Waals surface area contributed by atoms with Crippen LogP contribution in [0.4, 0.5) is 5.69 Å². The van der Waals surface area contributed by atoms with E-state index < -0.39 is 5.97 Å². The van der Waals surface area contributed by atoms with Gasteiger partial charge in [-0.2, -0.15) is 0 Å². The summed E-state index contributed by atoms with van der Waals surface area (Å²) >= 11 is 1.26. The Labute approximate surface area is 160 Å². The molecule has 0 spiro atoms. The van der Waals surface area contributed by atoms with Crippen LogP contribution in [-0.4, -0.2) is 37.5 Å². The lowest BCUT2D eigenvalue weighted by Crippen LogP contribution is -2.15. The van der Waals surface area contributed by atoms with Gasteiger partial charge in [0.25, 0.3) is 0 Å². The van der Waals surface area contributed by atoms with Gasteiger partial charge in [0.15, 0.2) is 11.0 Å². The van der Waals surface area contributed by atoms with Crippen LogP contribution in [-0.2, 0) is 11.8 Å². The third kappa shape index (κ3) is 4.53. The van der Waals surface area contributed by atoms with Crippen LogP contribution in [0.5, 0.6) is 0 Å². The summed E-state index contributed by atoms with van der Waals surface area (Å²) in [5.41, 5.74) is 2.69. The molecule has 8 heteroatoms. The number of aromatic nitrogens is 3. The molecule has 3 rings (SSSR count). The number of carbonyl (C=O) groups excluding carboxylic acids is 1. The molecule has 1 heterocycles. The van der Waals surface area contributed by atoms with E-state index in [0.717, 1.165) is 11.4 Å². The fourth-order valence-corrected chi connectivity index (χ4v) is 3.16. The number of anilines is 1. The highest BCUT2D eigenvalue weighted by molar-refractivity contribution is 7.99. The standard InChI is InChI=1S/C19H18N4O3S/c1-12-6-8-13(9-7-12)17-21-22-19(23(17)2)27-11-16(24)20-15-5-3-4-14(10-15)18(25)26/h3-10H,11H2,1-2H3,(H,20,24)(H,25,26). The van der Waals surface area contributed by atoms with Crippen LogP contribution in [0.2, 0.25) is 0 Å². The predicted molar refractivity (Wildman–Crippen MR) is 104 cm³/mol. The van der Waals surface area contributed by atoms with Gasteiger partial charge in [-0.1, -0.05) is 47.7 Å². The Hall–Kier alpha value is -3.13. The van der Waals surface area contributed by atoms with Crippen LogP contribution in [0.15, 0.2) is 53.7 Å². The summed E-state index contributed by atoms with van der Waals surface area (Å²) in [5, 5.41) is 20.7. The summed E-state index contributed by atoms with van der Waals surface area (Å²) < 4.78 is 1.84. The first-order valence-electron chi connectivity index (χ1n) is 8.16. The van der Waals surface area contributed by atoms with Crippen molar-refractivity contribution in [3.8, 4) is 11.4 Å². The van der Waals surface area contributed by atoms with Crippen molar-refractivity contribution < 1.29 is 14.7 Å². The Morgan fingerprint density at radius 1 is 1.15 bits per heavy atom. The van der Waals surface area contributed by atoms with Crippen molar-refractivity contribution >= 4 is 29.3 Å². The number of benzene rings is 2. The molecule has 0 saturated heterocycles. The quantitative estimate of drug-likeness (QED) is 0.636. The second kappa shape index (κ2) is 8.05. The molecule has 0 fully saturated rings.